The summed E-state index contributed by atoms with van der Waals surface area (Å²) in [5.74, 6) is 0.191. The van der Waals surface area contributed by atoms with E-state index in [1.54, 1.807) is 24.3 Å². The molecule has 0 aromatic heterocycles. The van der Waals surface area contributed by atoms with Crippen LogP contribution in [0.4, 0.5) is 0 Å². The largest absolute Gasteiger partial charge is 0.496 e. The van der Waals surface area contributed by atoms with Gasteiger partial charge in [0.15, 0.2) is 6.61 Å². The summed E-state index contributed by atoms with van der Waals surface area (Å²) < 4.78 is 42.2. The first-order valence-corrected chi connectivity index (χ1v) is 9.34. The first-order valence-electron chi connectivity index (χ1n) is 7.48. The van der Waals surface area contributed by atoms with E-state index in [9.17, 15) is 13.2 Å². The molecule has 0 unspecified atom stereocenters. The molecule has 0 saturated heterocycles. The molecule has 2 aromatic carbocycles. The minimum absolute atomic E-state index is 0.0252. The maximum atomic E-state index is 12.5. The van der Waals surface area contributed by atoms with Gasteiger partial charge in [0, 0.05) is 12.1 Å². The molecule has 7 nitrogen and oxygen atoms in total. The SMILES string of the molecule is COC(=O)COc1ccc(S(=O)(=O)NCc2ccccc2OC)cc1Cl. The van der Waals surface area contributed by atoms with Crippen LogP contribution in [-0.4, -0.2) is 35.2 Å². The van der Waals surface area contributed by atoms with Crippen molar-refractivity contribution in [2.24, 2.45) is 0 Å². The lowest BCUT2D eigenvalue weighted by molar-refractivity contribution is -0.142. The van der Waals surface area contributed by atoms with Crippen LogP contribution in [0.25, 0.3) is 0 Å². The third-order valence-corrected chi connectivity index (χ3v) is 5.13. The Morgan fingerprint density at radius 1 is 1.12 bits per heavy atom. The Morgan fingerprint density at radius 3 is 2.50 bits per heavy atom. The fraction of sp³-hybridized carbons (Fsp3) is 0.235. The summed E-state index contributed by atoms with van der Waals surface area (Å²) >= 11 is 6.04. The molecule has 0 fully saturated rings. The second-order valence-corrected chi connectivity index (χ2v) is 7.27. The third-order valence-electron chi connectivity index (χ3n) is 3.43. The average Bonchev–Trinajstić information content (AvgIpc) is 2.65. The molecule has 0 aliphatic carbocycles. The Balaban J connectivity index is 2.11. The van der Waals surface area contributed by atoms with Crippen molar-refractivity contribution in [3.05, 3.63) is 53.1 Å². The molecule has 26 heavy (non-hydrogen) atoms. The molecule has 0 spiro atoms. The van der Waals surface area contributed by atoms with Crippen LogP contribution in [0.1, 0.15) is 5.56 Å². The van der Waals surface area contributed by atoms with Crippen LogP contribution in [0.3, 0.4) is 0 Å². The van der Waals surface area contributed by atoms with Gasteiger partial charge in [-0.05, 0) is 24.3 Å². The summed E-state index contributed by atoms with van der Waals surface area (Å²) in [7, 11) is -1.05. The van der Waals surface area contributed by atoms with Crippen molar-refractivity contribution in [1.29, 1.82) is 0 Å². The van der Waals surface area contributed by atoms with Gasteiger partial charge in [-0.25, -0.2) is 17.9 Å². The van der Waals surface area contributed by atoms with Gasteiger partial charge in [0.1, 0.15) is 11.5 Å². The second kappa shape index (κ2) is 8.88. The molecule has 0 saturated carbocycles. The molecule has 0 radical (unpaired) electrons. The Morgan fingerprint density at radius 2 is 1.85 bits per heavy atom. The van der Waals surface area contributed by atoms with Gasteiger partial charge in [-0.15, -0.1) is 0 Å². The number of hydrogen-bond donors (Lipinski definition) is 1. The highest BCUT2D eigenvalue weighted by atomic mass is 35.5. The summed E-state index contributed by atoms with van der Waals surface area (Å²) in [6.45, 7) is -0.265. The number of ether oxygens (including phenoxy) is 3. The van der Waals surface area contributed by atoms with Gasteiger partial charge in [-0.1, -0.05) is 29.8 Å². The van der Waals surface area contributed by atoms with Gasteiger partial charge < -0.3 is 14.2 Å². The molecule has 0 amide bonds. The number of esters is 1. The van der Waals surface area contributed by atoms with Gasteiger partial charge in [-0.2, -0.15) is 0 Å². The van der Waals surface area contributed by atoms with Gasteiger partial charge >= 0.3 is 5.97 Å². The summed E-state index contributed by atoms with van der Waals surface area (Å²) in [5.41, 5.74) is 0.697. The van der Waals surface area contributed by atoms with E-state index >= 15 is 0 Å². The Kier molecular flexibility index (Phi) is 6.84. The lowest BCUT2D eigenvalue weighted by Crippen LogP contribution is -2.23. The van der Waals surface area contributed by atoms with E-state index < -0.39 is 16.0 Å². The predicted molar refractivity (Wildman–Crippen MR) is 96.0 cm³/mol. The zero-order valence-electron chi connectivity index (χ0n) is 14.2. The van der Waals surface area contributed by atoms with E-state index in [1.165, 1.54) is 32.4 Å². The van der Waals surface area contributed by atoms with Crippen molar-refractivity contribution in [3.63, 3.8) is 0 Å². The first-order chi connectivity index (χ1) is 12.4. The summed E-state index contributed by atoms with van der Waals surface area (Å²) in [6.07, 6.45) is 0. The zero-order valence-corrected chi connectivity index (χ0v) is 15.8. The van der Waals surface area contributed by atoms with Crippen LogP contribution >= 0.6 is 11.6 Å². The zero-order chi connectivity index (χ0) is 19.2. The fourth-order valence-electron chi connectivity index (χ4n) is 2.07. The van der Waals surface area contributed by atoms with Gasteiger partial charge in [0.25, 0.3) is 0 Å². The Labute approximate surface area is 156 Å². The van der Waals surface area contributed by atoms with E-state index in [-0.39, 0.29) is 28.8 Å². The number of methoxy groups -OCH3 is 2. The van der Waals surface area contributed by atoms with Crippen molar-refractivity contribution in [1.82, 2.24) is 4.72 Å². The summed E-state index contributed by atoms with van der Waals surface area (Å²) in [5, 5.41) is 0.0640. The Bertz CT molecular complexity index is 885. The molecule has 0 atom stereocenters. The molecule has 0 aliphatic rings. The Hall–Kier alpha value is -2.29. The fourth-order valence-corrected chi connectivity index (χ4v) is 3.40. The molecule has 0 bridgehead atoms. The number of halogens is 1. The molecule has 0 heterocycles. The van der Waals surface area contributed by atoms with Crippen LogP contribution in [-0.2, 0) is 26.1 Å². The number of carbonyl (C=O) groups excluding carboxylic acids is 1. The van der Waals surface area contributed by atoms with E-state index in [4.69, 9.17) is 21.1 Å². The molecule has 0 aliphatic heterocycles. The highest BCUT2D eigenvalue weighted by molar-refractivity contribution is 7.89. The average molecular weight is 400 g/mol. The number of rotatable bonds is 8. The van der Waals surface area contributed by atoms with Gasteiger partial charge in [0.05, 0.1) is 24.1 Å². The molecular weight excluding hydrogens is 382 g/mol. The van der Waals surface area contributed by atoms with Crippen LogP contribution in [0.2, 0.25) is 5.02 Å². The van der Waals surface area contributed by atoms with Crippen LogP contribution in [0, 0.1) is 0 Å². The van der Waals surface area contributed by atoms with E-state index in [0.717, 1.165) is 0 Å². The van der Waals surface area contributed by atoms with Crippen molar-refractivity contribution in [2.45, 2.75) is 11.4 Å². The molecule has 1 N–H and O–H groups in total. The molecular formula is C17H18ClNO6S. The quantitative estimate of drug-likeness (QED) is 0.685. The van der Waals surface area contributed by atoms with E-state index in [0.29, 0.717) is 11.3 Å². The standard InChI is InChI=1S/C17H18ClNO6S/c1-23-15-6-4-3-5-12(15)10-19-26(21,22)13-7-8-16(14(18)9-13)25-11-17(20)24-2/h3-9,19H,10-11H2,1-2H3. The normalized spacial score (nSPS) is 11.0. The maximum Gasteiger partial charge on any atom is 0.343 e. The van der Waals surface area contributed by atoms with Crippen LogP contribution in [0.5, 0.6) is 11.5 Å². The lowest BCUT2D eigenvalue weighted by Gasteiger charge is -2.12. The minimum atomic E-state index is -3.80. The highest BCUT2D eigenvalue weighted by Gasteiger charge is 2.17. The predicted octanol–water partition coefficient (Wildman–Crippen LogP) is 2.38. The monoisotopic (exact) mass is 399 g/mol. The topological polar surface area (TPSA) is 90.9 Å². The number of nitrogens with one attached hydrogen (secondary N) is 1. The van der Waals surface area contributed by atoms with Gasteiger partial charge in [-0.3, -0.25) is 0 Å². The smallest absolute Gasteiger partial charge is 0.343 e. The molecule has 2 rings (SSSR count). The minimum Gasteiger partial charge on any atom is -0.496 e. The number of sulfonamides is 1. The molecule has 9 heteroatoms. The van der Waals surface area contributed by atoms with Crippen molar-refractivity contribution < 1.29 is 27.4 Å². The van der Waals surface area contributed by atoms with Crippen molar-refractivity contribution in [2.75, 3.05) is 20.8 Å². The summed E-state index contributed by atoms with van der Waals surface area (Å²) in [4.78, 5) is 11.1. The summed E-state index contributed by atoms with van der Waals surface area (Å²) in [6, 6.07) is 11.1. The van der Waals surface area contributed by atoms with Crippen molar-refractivity contribution >= 4 is 27.6 Å². The molecule has 2 aromatic rings. The highest BCUT2D eigenvalue weighted by Crippen LogP contribution is 2.27. The number of carbonyl (C=O) groups is 1. The van der Waals surface area contributed by atoms with E-state index in [2.05, 4.69) is 9.46 Å². The second-order valence-electron chi connectivity index (χ2n) is 5.09. The maximum absolute atomic E-state index is 12.5. The van der Waals surface area contributed by atoms with Gasteiger partial charge in [0.2, 0.25) is 10.0 Å². The first kappa shape index (κ1) is 20.0. The number of para-hydroxylation sites is 1. The molecule has 140 valence electrons. The van der Waals surface area contributed by atoms with Crippen LogP contribution in [0.15, 0.2) is 47.4 Å². The number of hydrogen-bond acceptors (Lipinski definition) is 6. The third kappa shape index (κ3) is 5.10. The van der Waals surface area contributed by atoms with Crippen LogP contribution < -0.4 is 14.2 Å². The number of benzene rings is 2. The lowest BCUT2D eigenvalue weighted by atomic mass is 10.2. The van der Waals surface area contributed by atoms with Crippen molar-refractivity contribution in [3.8, 4) is 11.5 Å². The van der Waals surface area contributed by atoms with E-state index in [1.807, 2.05) is 0 Å².